The summed E-state index contributed by atoms with van der Waals surface area (Å²) in [5.74, 6) is -1.83. The molecule has 29 heavy (non-hydrogen) atoms. The number of imide groups is 1. The fourth-order valence-electron chi connectivity index (χ4n) is 3.88. The van der Waals surface area contributed by atoms with Crippen molar-refractivity contribution in [1.29, 1.82) is 0 Å². The van der Waals surface area contributed by atoms with Crippen molar-refractivity contribution in [2.24, 2.45) is 0 Å². The summed E-state index contributed by atoms with van der Waals surface area (Å²) in [5, 5.41) is 2.64. The van der Waals surface area contributed by atoms with Crippen LogP contribution in [0.15, 0.2) is 18.2 Å². The number of hydrogen-bond donors (Lipinski definition) is 1. The van der Waals surface area contributed by atoms with Crippen molar-refractivity contribution in [2.75, 3.05) is 20.3 Å². The number of nitrogens with one attached hydrogen (secondary N) is 1. The first-order valence-corrected chi connectivity index (χ1v) is 9.89. The van der Waals surface area contributed by atoms with Crippen molar-refractivity contribution in [1.82, 2.24) is 10.2 Å². The Bertz CT molecular complexity index is 815. The number of benzene rings is 1. The number of rotatable bonds is 7. The molecule has 3 amide bonds. The highest BCUT2D eigenvalue weighted by molar-refractivity contribution is 6.22. The van der Waals surface area contributed by atoms with Gasteiger partial charge in [-0.3, -0.25) is 19.3 Å². The Morgan fingerprint density at radius 3 is 2.52 bits per heavy atom. The van der Waals surface area contributed by atoms with Gasteiger partial charge in [-0.05, 0) is 38.0 Å². The van der Waals surface area contributed by atoms with E-state index in [0.29, 0.717) is 12.2 Å². The summed E-state index contributed by atoms with van der Waals surface area (Å²) in [7, 11) is 1.53. The summed E-state index contributed by atoms with van der Waals surface area (Å²) < 4.78 is 9.96. The Morgan fingerprint density at radius 2 is 1.83 bits per heavy atom. The van der Waals surface area contributed by atoms with Gasteiger partial charge in [-0.25, -0.2) is 4.79 Å². The number of ether oxygens (including phenoxy) is 2. The molecular formula is C21H26N2O6. The van der Waals surface area contributed by atoms with Crippen molar-refractivity contribution < 1.29 is 28.7 Å². The van der Waals surface area contributed by atoms with Gasteiger partial charge in [0, 0.05) is 19.2 Å². The summed E-state index contributed by atoms with van der Waals surface area (Å²) in [5.41, 5.74) is 0.657. The average molecular weight is 402 g/mol. The number of nitrogens with zero attached hydrogens (tertiary/aromatic N) is 1. The molecule has 0 saturated heterocycles. The van der Waals surface area contributed by atoms with Crippen LogP contribution in [-0.2, 0) is 14.3 Å². The zero-order valence-corrected chi connectivity index (χ0v) is 16.7. The van der Waals surface area contributed by atoms with Crippen molar-refractivity contribution in [3.05, 3.63) is 34.9 Å². The van der Waals surface area contributed by atoms with E-state index in [1.165, 1.54) is 30.2 Å². The van der Waals surface area contributed by atoms with Crippen molar-refractivity contribution in [3.8, 4) is 0 Å². The molecule has 2 aliphatic rings. The Labute approximate surface area is 169 Å². The second-order valence-corrected chi connectivity index (χ2v) is 7.53. The van der Waals surface area contributed by atoms with Crippen molar-refractivity contribution >= 4 is 23.7 Å². The van der Waals surface area contributed by atoms with E-state index in [1.807, 2.05) is 0 Å². The maximum Gasteiger partial charge on any atom is 0.338 e. The lowest BCUT2D eigenvalue weighted by atomic mass is 9.94. The third-order valence-electron chi connectivity index (χ3n) is 5.25. The van der Waals surface area contributed by atoms with E-state index in [2.05, 4.69) is 5.32 Å². The Kier molecular flexibility index (Phi) is 6.64. The van der Waals surface area contributed by atoms with Gasteiger partial charge >= 0.3 is 5.97 Å². The van der Waals surface area contributed by atoms with E-state index in [0.717, 1.165) is 32.1 Å². The lowest BCUT2D eigenvalue weighted by Crippen LogP contribution is -2.40. The molecule has 0 radical (unpaired) electrons. The van der Waals surface area contributed by atoms with Gasteiger partial charge in [-0.2, -0.15) is 0 Å². The van der Waals surface area contributed by atoms with Crippen LogP contribution in [0.3, 0.4) is 0 Å². The van der Waals surface area contributed by atoms with E-state index in [1.54, 1.807) is 6.92 Å². The molecule has 1 N–H and O–H groups in total. The van der Waals surface area contributed by atoms with E-state index < -0.39 is 18.5 Å². The van der Waals surface area contributed by atoms with Crippen LogP contribution in [-0.4, -0.2) is 61.0 Å². The zero-order valence-electron chi connectivity index (χ0n) is 16.7. The first-order valence-electron chi connectivity index (χ1n) is 9.89. The zero-order chi connectivity index (χ0) is 21.0. The molecule has 0 spiro atoms. The Hall–Kier alpha value is -2.74. The Morgan fingerprint density at radius 1 is 1.14 bits per heavy atom. The second kappa shape index (κ2) is 9.17. The fourth-order valence-corrected chi connectivity index (χ4v) is 3.88. The maximum atomic E-state index is 12.8. The minimum absolute atomic E-state index is 0.0793. The summed E-state index contributed by atoms with van der Waals surface area (Å²) in [6, 6.07) is 4.02. The second-order valence-electron chi connectivity index (χ2n) is 7.53. The quantitative estimate of drug-likeness (QED) is 0.552. The summed E-state index contributed by atoms with van der Waals surface area (Å²) >= 11 is 0. The highest BCUT2D eigenvalue weighted by atomic mass is 16.5. The minimum Gasteiger partial charge on any atom is -0.452 e. The first kappa shape index (κ1) is 21.0. The Balaban J connectivity index is 1.64. The normalized spacial score (nSPS) is 17.8. The topological polar surface area (TPSA) is 102 Å². The van der Waals surface area contributed by atoms with E-state index in [4.69, 9.17) is 9.47 Å². The first-order chi connectivity index (χ1) is 13.9. The van der Waals surface area contributed by atoms with Crippen LogP contribution >= 0.6 is 0 Å². The lowest BCUT2D eigenvalue weighted by molar-refractivity contribution is -0.125. The third kappa shape index (κ3) is 4.64. The van der Waals surface area contributed by atoms with E-state index in [-0.39, 0.29) is 35.0 Å². The highest BCUT2D eigenvalue weighted by Gasteiger charge is 2.40. The number of esters is 1. The molecule has 0 bridgehead atoms. The van der Waals surface area contributed by atoms with Gasteiger partial charge in [0.05, 0.1) is 23.3 Å². The molecule has 1 saturated carbocycles. The molecule has 1 aliphatic heterocycles. The number of amides is 3. The van der Waals surface area contributed by atoms with Crippen LogP contribution in [0.4, 0.5) is 0 Å². The van der Waals surface area contributed by atoms with Crippen molar-refractivity contribution in [3.63, 3.8) is 0 Å². The van der Waals surface area contributed by atoms with Gasteiger partial charge in [0.15, 0.2) is 6.61 Å². The standard InChI is InChI=1S/C21H26N2O6/c1-13(11-28-2)22-18(24)12-29-21(27)14-8-9-16-17(10-14)20(26)23(19(16)25)15-6-4-3-5-7-15/h8-10,13,15H,3-7,11-12H2,1-2H3,(H,22,24)/t13-/m0/s1. The summed E-state index contributed by atoms with van der Waals surface area (Å²) in [6.45, 7) is 1.67. The molecule has 8 heteroatoms. The van der Waals surface area contributed by atoms with E-state index >= 15 is 0 Å². The van der Waals surface area contributed by atoms with Gasteiger partial charge in [-0.15, -0.1) is 0 Å². The SMILES string of the molecule is COC[C@H](C)NC(=O)COC(=O)c1ccc2c(c1)C(=O)N(C1CCCCC1)C2=O. The van der Waals surface area contributed by atoms with Gasteiger partial charge in [0.1, 0.15) is 0 Å². The van der Waals surface area contributed by atoms with Gasteiger partial charge < -0.3 is 14.8 Å². The predicted molar refractivity (Wildman–Crippen MR) is 104 cm³/mol. The smallest absolute Gasteiger partial charge is 0.338 e. The lowest BCUT2D eigenvalue weighted by Gasteiger charge is -2.29. The van der Waals surface area contributed by atoms with Gasteiger partial charge in [0.2, 0.25) is 0 Å². The van der Waals surface area contributed by atoms with Crippen LogP contribution in [0.5, 0.6) is 0 Å². The van der Waals surface area contributed by atoms with Crippen LogP contribution in [0.2, 0.25) is 0 Å². The molecule has 1 fully saturated rings. The molecule has 1 aromatic rings. The molecule has 0 aromatic heterocycles. The average Bonchev–Trinajstić information content (AvgIpc) is 2.96. The molecule has 3 rings (SSSR count). The molecule has 1 atom stereocenters. The van der Waals surface area contributed by atoms with Crippen molar-refractivity contribution in [2.45, 2.75) is 51.1 Å². The molecule has 1 aliphatic carbocycles. The summed E-state index contributed by atoms with van der Waals surface area (Å²) in [4.78, 5) is 50.9. The molecule has 0 unspecified atom stereocenters. The molecule has 8 nitrogen and oxygen atoms in total. The monoisotopic (exact) mass is 402 g/mol. The maximum absolute atomic E-state index is 12.8. The van der Waals surface area contributed by atoms with Gasteiger partial charge in [-0.1, -0.05) is 19.3 Å². The molecular weight excluding hydrogens is 376 g/mol. The number of carbonyl (C=O) groups excluding carboxylic acids is 4. The number of fused-ring (bicyclic) bond motifs is 1. The number of carbonyl (C=O) groups is 4. The predicted octanol–water partition coefficient (Wildman–Crippen LogP) is 1.92. The van der Waals surface area contributed by atoms with Crippen LogP contribution in [0.1, 0.15) is 70.1 Å². The summed E-state index contributed by atoms with van der Waals surface area (Å²) in [6.07, 6.45) is 4.75. The highest BCUT2D eigenvalue weighted by Crippen LogP contribution is 2.31. The van der Waals surface area contributed by atoms with Gasteiger partial charge in [0.25, 0.3) is 17.7 Å². The van der Waals surface area contributed by atoms with Crippen LogP contribution in [0.25, 0.3) is 0 Å². The number of hydrogen-bond acceptors (Lipinski definition) is 6. The number of methoxy groups -OCH3 is 1. The van der Waals surface area contributed by atoms with E-state index in [9.17, 15) is 19.2 Å². The molecule has 1 heterocycles. The minimum atomic E-state index is -0.723. The third-order valence-corrected chi connectivity index (χ3v) is 5.25. The van der Waals surface area contributed by atoms with Crippen LogP contribution < -0.4 is 5.32 Å². The fraction of sp³-hybridized carbons (Fsp3) is 0.524. The largest absolute Gasteiger partial charge is 0.452 e. The molecule has 156 valence electrons. The molecule has 1 aromatic carbocycles. The van der Waals surface area contributed by atoms with Crippen LogP contribution in [0, 0.1) is 0 Å².